The second kappa shape index (κ2) is 5.02. The standard InChI is InChI=1S/C8H9Cl4N3S/c1-7(9,10)4-13-5(8(2,11)12)15-6(14-4)16-3/h1-3H3. The van der Waals surface area contributed by atoms with Crippen LogP contribution >= 0.6 is 58.2 Å². The van der Waals surface area contributed by atoms with E-state index in [1.807, 2.05) is 6.26 Å². The van der Waals surface area contributed by atoms with Gasteiger partial charge in [0.05, 0.1) is 0 Å². The van der Waals surface area contributed by atoms with Crippen LogP contribution in [0.5, 0.6) is 0 Å². The maximum atomic E-state index is 5.93. The molecule has 1 rings (SSSR count). The molecule has 0 unspecified atom stereocenters. The summed E-state index contributed by atoms with van der Waals surface area (Å²) >= 11 is 25.0. The van der Waals surface area contributed by atoms with Crippen LogP contribution in [0.3, 0.4) is 0 Å². The van der Waals surface area contributed by atoms with Gasteiger partial charge in [-0.05, 0) is 20.1 Å². The average molecular weight is 321 g/mol. The van der Waals surface area contributed by atoms with Crippen LogP contribution in [-0.4, -0.2) is 21.2 Å². The van der Waals surface area contributed by atoms with Crippen LogP contribution in [0.25, 0.3) is 0 Å². The molecular formula is C8H9Cl4N3S. The Labute approximate surface area is 118 Å². The van der Waals surface area contributed by atoms with Crippen LogP contribution in [0, 0.1) is 0 Å². The van der Waals surface area contributed by atoms with Gasteiger partial charge in [-0.3, -0.25) is 0 Å². The Kier molecular flexibility index (Phi) is 4.58. The van der Waals surface area contributed by atoms with Crippen molar-refractivity contribution in [1.29, 1.82) is 0 Å². The number of thioether (sulfide) groups is 1. The number of rotatable bonds is 3. The zero-order valence-corrected chi connectivity index (χ0v) is 12.6. The van der Waals surface area contributed by atoms with Gasteiger partial charge in [0.2, 0.25) is 0 Å². The molecule has 1 aromatic heterocycles. The molecule has 1 aromatic rings. The summed E-state index contributed by atoms with van der Waals surface area (Å²) in [5.74, 6) is 0.468. The van der Waals surface area contributed by atoms with Gasteiger partial charge >= 0.3 is 0 Å². The molecular weight excluding hydrogens is 312 g/mol. The van der Waals surface area contributed by atoms with Crippen molar-refractivity contribution in [2.45, 2.75) is 27.7 Å². The zero-order valence-electron chi connectivity index (χ0n) is 8.76. The highest BCUT2D eigenvalue weighted by Gasteiger charge is 2.30. The minimum atomic E-state index is -1.21. The maximum absolute atomic E-state index is 5.93. The number of hydrogen-bond donors (Lipinski definition) is 0. The molecule has 0 amide bonds. The van der Waals surface area contributed by atoms with E-state index in [2.05, 4.69) is 15.0 Å². The van der Waals surface area contributed by atoms with Gasteiger partial charge in [0.25, 0.3) is 0 Å². The third-order valence-corrected chi connectivity index (χ3v) is 2.81. The van der Waals surface area contributed by atoms with Crippen LogP contribution in [-0.2, 0) is 8.67 Å². The van der Waals surface area contributed by atoms with Crippen molar-refractivity contribution in [3.8, 4) is 0 Å². The summed E-state index contributed by atoms with van der Waals surface area (Å²) in [5.41, 5.74) is 0. The number of aromatic nitrogens is 3. The Morgan fingerprint density at radius 2 is 1.25 bits per heavy atom. The Morgan fingerprint density at radius 3 is 1.50 bits per heavy atom. The van der Waals surface area contributed by atoms with Crippen molar-refractivity contribution in [2.75, 3.05) is 6.26 Å². The first-order valence-corrected chi connectivity index (χ1v) is 6.95. The topological polar surface area (TPSA) is 38.7 Å². The largest absolute Gasteiger partial charge is 0.211 e. The molecule has 1 heterocycles. The molecule has 0 saturated heterocycles. The van der Waals surface area contributed by atoms with E-state index < -0.39 is 8.67 Å². The molecule has 0 spiro atoms. The van der Waals surface area contributed by atoms with Crippen LogP contribution in [0.1, 0.15) is 25.5 Å². The Morgan fingerprint density at radius 1 is 0.875 bits per heavy atom. The number of alkyl halides is 4. The molecule has 0 fully saturated rings. The highest BCUT2D eigenvalue weighted by molar-refractivity contribution is 7.98. The van der Waals surface area contributed by atoms with Gasteiger partial charge in [-0.1, -0.05) is 58.2 Å². The molecule has 0 radical (unpaired) electrons. The molecule has 0 saturated carbocycles. The first kappa shape index (κ1) is 14.6. The molecule has 0 atom stereocenters. The summed E-state index contributed by atoms with van der Waals surface area (Å²) < 4.78 is -2.41. The lowest BCUT2D eigenvalue weighted by Crippen LogP contribution is -2.18. The quantitative estimate of drug-likeness (QED) is 0.625. The molecule has 0 aliphatic heterocycles. The zero-order chi connectivity index (χ0) is 12.6. The summed E-state index contributed by atoms with van der Waals surface area (Å²) in [6, 6.07) is 0. The van der Waals surface area contributed by atoms with E-state index in [9.17, 15) is 0 Å². The van der Waals surface area contributed by atoms with Gasteiger partial charge in [-0.2, -0.15) is 0 Å². The first-order valence-electron chi connectivity index (χ1n) is 4.21. The van der Waals surface area contributed by atoms with E-state index in [1.54, 1.807) is 13.8 Å². The van der Waals surface area contributed by atoms with Crippen molar-refractivity contribution < 1.29 is 0 Å². The second-order valence-electron chi connectivity index (χ2n) is 3.25. The first-order chi connectivity index (χ1) is 7.14. The number of halogens is 4. The highest BCUT2D eigenvalue weighted by Crippen LogP contribution is 2.35. The lowest BCUT2D eigenvalue weighted by molar-refractivity contribution is 0.697. The Hall–Kier alpha value is 0.520. The van der Waals surface area contributed by atoms with Gasteiger partial charge in [-0.15, -0.1) is 0 Å². The highest BCUT2D eigenvalue weighted by atomic mass is 35.5. The van der Waals surface area contributed by atoms with E-state index in [-0.39, 0.29) is 11.6 Å². The van der Waals surface area contributed by atoms with Crippen molar-refractivity contribution >= 4 is 58.2 Å². The third-order valence-electron chi connectivity index (χ3n) is 1.58. The smallest absolute Gasteiger partial charge is 0.190 e. The fourth-order valence-electron chi connectivity index (χ4n) is 0.840. The van der Waals surface area contributed by atoms with E-state index in [0.717, 1.165) is 0 Å². The van der Waals surface area contributed by atoms with Crippen molar-refractivity contribution in [2.24, 2.45) is 0 Å². The fraction of sp³-hybridized carbons (Fsp3) is 0.625. The van der Waals surface area contributed by atoms with Crippen LogP contribution in [0.2, 0.25) is 0 Å². The maximum Gasteiger partial charge on any atom is 0.190 e. The van der Waals surface area contributed by atoms with E-state index in [0.29, 0.717) is 5.16 Å². The van der Waals surface area contributed by atoms with Crippen LogP contribution in [0.15, 0.2) is 5.16 Å². The predicted octanol–water partition coefficient (Wildman–Crippen LogP) is 3.89. The van der Waals surface area contributed by atoms with Crippen LogP contribution < -0.4 is 0 Å². The summed E-state index contributed by atoms with van der Waals surface area (Å²) in [4.78, 5) is 12.3. The second-order valence-corrected chi connectivity index (χ2v) is 7.43. The molecule has 16 heavy (non-hydrogen) atoms. The molecule has 0 aliphatic carbocycles. The monoisotopic (exact) mass is 319 g/mol. The van der Waals surface area contributed by atoms with Gasteiger partial charge in [0, 0.05) is 0 Å². The predicted molar refractivity (Wildman–Crippen MR) is 69.7 cm³/mol. The summed E-state index contributed by atoms with van der Waals surface area (Å²) in [5, 5.41) is 0.472. The molecule has 0 aliphatic rings. The summed E-state index contributed by atoms with van der Waals surface area (Å²) in [7, 11) is 0. The molecule has 0 aromatic carbocycles. The number of hydrogen-bond acceptors (Lipinski definition) is 4. The van der Waals surface area contributed by atoms with Crippen LogP contribution in [0.4, 0.5) is 0 Å². The average Bonchev–Trinajstić information content (AvgIpc) is 2.14. The van der Waals surface area contributed by atoms with Crippen molar-refractivity contribution in [1.82, 2.24) is 15.0 Å². The minimum Gasteiger partial charge on any atom is -0.211 e. The lowest BCUT2D eigenvalue weighted by Gasteiger charge is -2.17. The van der Waals surface area contributed by atoms with Crippen molar-refractivity contribution in [3.63, 3.8) is 0 Å². The molecule has 8 heteroatoms. The van der Waals surface area contributed by atoms with Gasteiger partial charge < -0.3 is 0 Å². The third kappa shape index (κ3) is 3.77. The number of nitrogens with zero attached hydrogens (tertiary/aromatic N) is 3. The van der Waals surface area contributed by atoms with Gasteiger partial charge in [-0.25, -0.2) is 15.0 Å². The fourth-order valence-corrected chi connectivity index (χ4v) is 1.53. The Bertz CT molecular complexity index is 354. The van der Waals surface area contributed by atoms with Gasteiger partial charge in [0.15, 0.2) is 25.5 Å². The van der Waals surface area contributed by atoms with E-state index in [1.165, 1.54) is 11.8 Å². The van der Waals surface area contributed by atoms with Crippen molar-refractivity contribution in [3.05, 3.63) is 11.6 Å². The molecule has 90 valence electrons. The SMILES string of the molecule is CSc1nc(C(C)(Cl)Cl)nc(C(C)(Cl)Cl)n1. The van der Waals surface area contributed by atoms with E-state index in [4.69, 9.17) is 46.4 Å². The molecule has 0 N–H and O–H groups in total. The molecule has 3 nitrogen and oxygen atoms in total. The normalized spacial score (nSPS) is 12.9. The lowest BCUT2D eigenvalue weighted by atomic mass is 10.4. The molecule has 0 bridgehead atoms. The minimum absolute atomic E-state index is 0.234. The van der Waals surface area contributed by atoms with E-state index >= 15 is 0 Å². The summed E-state index contributed by atoms with van der Waals surface area (Å²) in [6.45, 7) is 3.14. The summed E-state index contributed by atoms with van der Waals surface area (Å²) in [6.07, 6.45) is 1.82. The van der Waals surface area contributed by atoms with Gasteiger partial charge in [0.1, 0.15) is 0 Å². The Balaban J connectivity index is 3.33.